The molecule has 648 valence electrons. The Hall–Kier alpha value is -18.7. The van der Waals surface area contributed by atoms with Crippen molar-refractivity contribution in [3.63, 3.8) is 0 Å². The van der Waals surface area contributed by atoms with Crippen LogP contribution in [0.2, 0.25) is 0 Å². The number of benzene rings is 22. The molecule has 28 aromatic rings. The van der Waals surface area contributed by atoms with Crippen LogP contribution in [0.4, 0.5) is 0 Å². The van der Waals surface area contributed by atoms with E-state index in [1.165, 1.54) is 130 Å². The summed E-state index contributed by atoms with van der Waals surface area (Å²) in [6.07, 6.45) is 0. The molecule has 139 heavy (non-hydrogen) atoms. The standard InChI is InChI=1S/C46H29N3.2C42H27N3/c1-3-15-32(16-4-1)39-29-40(33-17-5-2-6-18-33)48-46(47-39)38-23-11-22-37-36(38)21-12-24-41(37)49-42-27-25-30-13-7-9-19-34(30)44(42)45-35-20-10-8-14-31(35)26-28-43(45)49;1-3-14-30(15-4-1)36-27-37(44-42(43-36)31-16-5-2-6-17-31)32-18-11-19-33(26-32)45-38-24-22-28-12-7-9-20-34(28)40(38)41-35-21-10-8-13-29(35)23-25-39(41)45;1-3-13-30(14-4-1)36-27-37(44-42(43-36)32-15-5-2-6-16-32)31-19-23-33(24-20-31)45-38-25-21-28-11-7-9-17-34(28)40(38)41-35-18-10-8-12-29(35)22-26-39(41)45/h1-29H;2*1-27H. The third-order valence-electron chi connectivity index (χ3n) is 27.4. The lowest BCUT2D eigenvalue weighted by Gasteiger charge is -2.15. The Morgan fingerprint density at radius 1 is 0.137 bits per heavy atom. The lowest BCUT2D eigenvalue weighted by atomic mass is 10.00. The summed E-state index contributed by atoms with van der Waals surface area (Å²) in [7, 11) is 0. The molecule has 6 heterocycles. The molecule has 0 aliphatic rings. The van der Waals surface area contributed by atoms with E-state index in [9.17, 15) is 0 Å². The molecule has 0 atom stereocenters. The summed E-state index contributed by atoms with van der Waals surface area (Å²) < 4.78 is 7.26. The van der Waals surface area contributed by atoms with Gasteiger partial charge in [0.1, 0.15) is 0 Å². The van der Waals surface area contributed by atoms with Gasteiger partial charge in [-0.1, -0.05) is 419 Å². The van der Waals surface area contributed by atoms with E-state index in [4.69, 9.17) is 29.9 Å². The van der Waals surface area contributed by atoms with Gasteiger partial charge in [0.25, 0.3) is 0 Å². The maximum absolute atomic E-state index is 5.19. The minimum Gasteiger partial charge on any atom is -0.309 e. The number of nitrogens with zero attached hydrogens (tertiary/aromatic N) is 9. The van der Waals surface area contributed by atoms with Crippen LogP contribution in [0.1, 0.15) is 0 Å². The molecule has 0 radical (unpaired) electrons. The SMILES string of the molecule is c1ccc(-c2cc(-c3ccc(-n4c5ccc6ccccc6c5c5c6ccccc6ccc54)cc3)nc(-c3ccccc3)n2)cc1.c1ccc(-c2cc(-c3cccc(-n4c5ccc6ccccc6c5c5c6ccccc6ccc54)c3)nc(-c3ccccc3)n2)cc1.c1ccc(-c2cc(-c3ccccc3)nc(-c3cccc4c(-n5c6ccc7ccccc7c6c6c7ccccc7ccc65)cccc34)n2)cc1. The Balaban J connectivity index is 0.000000108. The van der Waals surface area contributed by atoms with Gasteiger partial charge < -0.3 is 13.7 Å². The molecule has 0 aliphatic heterocycles. The fourth-order valence-electron chi connectivity index (χ4n) is 20.9. The Morgan fingerprint density at radius 2 is 0.381 bits per heavy atom. The average molecular weight is 1770 g/mol. The molecule has 0 unspecified atom stereocenters. The van der Waals surface area contributed by atoms with E-state index in [2.05, 4.69) is 444 Å². The highest BCUT2D eigenvalue weighted by atomic mass is 15.0. The fourth-order valence-corrected chi connectivity index (χ4v) is 20.9. The highest BCUT2D eigenvalue weighted by Gasteiger charge is 2.25. The minimum atomic E-state index is 0.710. The third kappa shape index (κ3) is 14.4. The number of rotatable bonds is 12. The van der Waals surface area contributed by atoms with Crippen molar-refractivity contribution in [1.82, 2.24) is 43.6 Å². The van der Waals surface area contributed by atoms with E-state index >= 15 is 0 Å². The summed E-state index contributed by atoms with van der Waals surface area (Å²) in [5.41, 5.74) is 25.3. The molecular weight excluding hydrogens is 1690 g/mol. The predicted molar refractivity (Wildman–Crippen MR) is 581 cm³/mol. The molecule has 0 fully saturated rings. The normalized spacial score (nSPS) is 11.6. The van der Waals surface area contributed by atoms with Gasteiger partial charge in [0.05, 0.1) is 73.0 Å². The number of fused-ring (bicyclic) bond motifs is 22. The predicted octanol–water partition coefficient (Wildman–Crippen LogP) is 33.8. The van der Waals surface area contributed by atoms with E-state index in [1.807, 2.05) is 72.8 Å². The Kier molecular flexibility index (Phi) is 20.1. The van der Waals surface area contributed by atoms with Crippen LogP contribution in [0.3, 0.4) is 0 Å². The van der Waals surface area contributed by atoms with E-state index < -0.39 is 0 Å². The quantitative estimate of drug-likeness (QED) is 0.121. The second kappa shape index (κ2) is 34.4. The van der Waals surface area contributed by atoms with Crippen LogP contribution >= 0.6 is 0 Å². The van der Waals surface area contributed by atoms with Gasteiger partial charge in [-0.05, 0) is 155 Å². The first-order chi connectivity index (χ1) is 68.9. The Labute approximate surface area is 801 Å². The molecule has 0 bridgehead atoms. The van der Waals surface area contributed by atoms with Gasteiger partial charge in [-0.15, -0.1) is 0 Å². The lowest BCUT2D eigenvalue weighted by Crippen LogP contribution is -1.98. The highest BCUT2D eigenvalue weighted by molar-refractivity contribution is 6.32. The van der Waals surface area contributed by atoms with Crippen molar-refractivity contribution >= 4 is 141 Å². The molecule has 0 spiro atoms. The summed E-state index contributed by atoms with van der Waals surface area (Å²) in [6, 6.07) is 178. The molecule has 0 saturated carbocycles. The van der Waals surface area contributed by atoms with Crippen molar-refractivity contribution < 1.29 is 0 Å². The monoisotopic (exact) mass is 1770 g/mol. The van der Waals surface area contributed by atoms with Crippen LogP contribution in [-0.2, 0) is 0 Å². The van der Waals surface area contributed by atoms with Gasteiger partial charge in [-0.2, -0.15) is 0 Å². The first-order valence-electron chi connectivity index (χ1n) is 47.2. The molecule has 0 amide bonds. The molecule has 9 nitrogen and oxygen atoms in total. The van der Waals surface area contributed by atoms with Crippen molar-refractivity contribution in [1.29, 1.82) is 0 Å². The zero-order valence-corrected chi connectivity index (χ0v) is 75.4. The molecule has 0 aliphatic carbocycles. The summed E-state index contributed by atoms with van der Waals surface area (Å²) in [5.74, 6) is 2.14. The first-order valence-corrected chi connectivity index (χ1v) is 47.2. The average Bonchev–Trinajstić information content (AvgIpc) is 1.55. The zero-order valence-electron chi connectivity index (χ0n) is 75.4. The van der Waals surface area contributed by atoms with Crippen LogP contribution in [0.25, 0.3) is 260 Å². The zero-order chi connectivity index (χ0) is 91.8. The second-order valence-corrected chi connectivity index (χ2v) is 35.4. The summed E-state index contributed by atoms with van der Waals surface area (Å²) in [4.78, 5) is 30.5. The molecular formula is C130H83N9. The summed E-state index contributed by atoms with van der Waals surface area (Å²) in [5, 5.41) is 25.0. The Morgan fingerprint density at radius 3 is 0.719 bits per heavy atom. The molecule has 28 rings (SSSR count). The molecule has 6 aromatic heterocycles. The van der Waals surface area contributed by atoms with Crippen molar-refractivity contribution in [2.45, 2.75) is 0 Å². The molecule has 22 aromatic carbocycles. The second-order valence-electron chi connectivity index (χ2n) is 35.4. The number of aromatic nitrogens is 9. The number of hydrogen-bond donors (Lipinski definition) is 0. The van der Waals surface area contributed by atoms with Crippen molar-refractivity contribution in [3.05, 3.63) is 504 Å². The molecule has 0 saturated heterocycles. The van der Waals surface area contributed by atoms with Crippen molar-refractivity contribution in [2.24, 2.45) is 0 Å². The van der Waals surface area contributed by atoms with E-state index in [1.54, 1.807) is 0 Å². The van der Waals surface area contributed by atoms with Gasteiger partial charge in [-0.25, -0.2) is 29.9 Å². The molecule has 9 heteroatoms. The fraction of sp³-hybridized carbons (Fsp3) is 0. The Bertz CT molecular complexity index is 9230. The largest absolute Gasteiger partial charge is 0.309 e. The van der Waals surface area contributed by atoms with E-state index in [0.717, 1.165) is 118 Å². The summed E-state index contributed by atoms with van der Waals surface area (Å²) >= 11 is 0. The van der Waals surface area contributed by atoms with Gasteiger partial charge in [0.15, 0.2) is 17.5 Å². The van der Waals surface area contributed by atoms with Crippen molar-refractivity contribution in [3.8, 4) is 119 Å². The topological polar surface area (TPSA) is 92.1 Å². The van der Waals surface area contributed by atoms with Gasteiger partial charge in [-0.3, -0.25) is 0 Å². The van der Waals surface area contributed by atoms with E-state index in [-0.39, 0.29) is 0 Å². The van der Waals surface area contributed by atoms with Crippen LogP contribution in [0.15, 0.2) is 504 Å². The summed E-state index contributed by atoms with van der Waals surface area (Å²) in [6.45, 7) is 0. The van der Waals surface area contributed by atoms with Crippen LogP contribution in [-0.4, -0.2) is 43.6 Å². The maximum atomic E-state index is 5.19. The van der Waals surface area contributed by atoms with Crippen LogP contribution in [0.5, 0.6) is 0 Å². The van der Waals surface area contributed by atoms with Gasteiger partial charge in [0, 0.05) is 99.1 Å². The minimum absolute atomic E-state index is 0.710. The van der Waals surface area contributed by atoms with Crippen LogP contribution in [0, 0.1) is 0 Å². The van der Waals surface area contributed by atoms with Crippen molar-refractivity contribution in [2.75, 3.05) is 0 Å². The maximum Gasteiger partial charge on any atom is 0.161 e. The third-order valence-corrected chi connectivity index (χ3v) is 27.4. The van der Waals surface area contributed by atoms with Gasteiger partial charge in [0.2, 0.25) is 0 Å². The molecule has 0 N–H and O–H groups in total. The smallest absolute Gasteiger partial charge is 0.161 e. The highest BCUT2D eigenvalue weighted by Crippen LogP contribution is 2.47. The van der Waals surface area contributed by atoms with E-state index in [0.29, 0.717) is 11.6 Å². The first kappa shape index (κ1) is 81.1. The van der Waals surface area contributed by atoms with Gasteiger partial charge >= 0.3 is 0 Å². The lowest BCUT2D eigenvalue weighted by molar-refractivity contribution is 1.16. The number of hydrogen-bond acceptors (Lipinski definition) is 6. The van der Waals surface area contributed by atoms with Crippen LogP contribution < -0.4 is 0 Å².